The summed E-state index contributed by atoms with van der Waals surface area (Å²) in [6.07, 6.45) is 1.08. The van der Waals surface area contributed by atoms with Gasteiger partial charge >= 0.3 is 0 Å². The van der Waals surface area contributed by atoms with E-state index >= 15 is 0 Å². The van der Waals surface area contributed by atoms with Gasteiger partial charge in [0.1, 0.15) is 17.5 Å². The van der Waals surface area contributed by atoms with E-state index < -0.39 is 5.92 Å². The van der Waals surface area contributed by atoms with Crippen molar-refractivity contribution in [2.24, 2.45) is 11.8 Å². The van der Waals surface area contributed by atoms with Crippen molar-refractivity contribution >= 4 is 11.6 Å². The number of rotatable bonds is 3. The first-order chi connectivity index (χ1) is 8.58. The van der Waals surface area contributed by atoms with Crippen molar-refractivity contribution in [3.8, 4) is 5.75 Å². The Hall–Kier alpha value is -1.68. The number of hydrogen-bond donors (Lipinski definition) is 1. The summed E-state index contributed by atoms with van der Waals surface area (Å²) in [5.74, 6) is 4.94. The molecule has 96 valence electrons. The standard InChI is InChI=1S/C14H17NO3/c1-3-9-7-10(18-15)4-5-11(9)13-12(16)6-8(2)14(13)17/h4-5,7-8,13H,3,6,15H2,1-2H3. The highest BCUT2D eigenvalue weighted by Gasteiger charge is 2.40. The highest BCUT2D eigenvalue weighted by molar-refractivity contribution is 6.14. The smallest absolute Gasteiger partial charge is 0.150 e. The zero-order valence-corrected chi connectivity index (χ0v) is 10.6. The van der Waals surface area contributed by atoms with Crippen LogP contribution in [-0.2, 0) is 16.0 Å². The van der Waals surface area contributed by atoms with Crippen LogP contribution in [0.2, 0.25) is 0 Å². The van der Waals surface area contributed by atoms with E-state index in [1.165, 1.54) is 0 Å². The minimum absolute atomic E-state index is 0.0172. The van der Waals surface area contributed by atoms with Crippen LogP contribution in [0.5, 0.6) is 5.75 Å². The zero-order chi connectivity index (χ0) is 13.3. The predicted octanol–water partition coefficient (Wildman–Crippen LogP) is 1.76. The minimum atomic E-state index is -0.596. The van der Waals surface area contributed by atoms with E-state index in [0.29, 0.717) is 12.2 Å². The minimum Gasteiger partial charge on any atom is -0.412 e. The average Bonchev–Trinajstić information content (AvgIpc) is 2.62. The number of hydrogen-bond acceptors (Lipinski definition) is 4. The van der Waals surface area contributed by atoms with Crippen LogP contribution >= 0.6 is 0 Å². The SMILES string of the molecule is CCc1cc(ON)ccc1C1C(=O)CC(C)C1=O. The van der Waals surface area contributed by atoms with E-state index in [4.69, 9.17) is 5.90 Å². The second-order valence-electron chi connectivity index (χ2n) is 4.74. The van der Waals surface area contributed by atoms with Crippen LogP contribution in [0.1, 0.15) is 37.3 Å². The van der Waals surface area contributed by atoms with Gasteiger partial charge in [-0.15, -0.1) is 0 Å². The van der Waals surface area contributed by atoms with E-state index in [9.17, 15) is 9.59 Å². The van der Waals surface area contributed by atoms with Crippen LogP contribution < -0.4 is 10.7 Å². The molecule has 0 saturated heterocycles. The summed E-state index contributed by atoms with van der Waals surface area (Å²) in [5, 5.41) is 0. The van der Waals surface area contributed by atoms with Crippen LogP contribution in [-0.4, -0.2) is 11.6 Å². The molecular weight excluding hydrogens is 230 g/mol. The molecule has 2 atom stereocenters. The van der Waals surface area contributed by atoms with E-state index in [1.54, 1.807) is 18.2 Å². The van der Waals surface area contributed by atoms with Crippen LogP contribution in [0.15, 0.2) is 18.2 Å². The second-order valence-corrected chi connectivity index (χ2v) is 4.74. The molecule has 1 aromatic rings. The fraction of sp³-hybridized carbons (Fsp3) is 0.429. The third kappa shape index (κ3) is 2.04. The van der Waals surface area contributed by atoms with E-state index in [-0.39, 0.29) is 17.5 Å². The normalized spacial score (nSPS) is 23.5. The Morgan fingerprint density at radius 2 is 2.11 bits per heavy atom. The number of carbonyl (C=O) groups excluding carboxylic acids is 2. The average molecular weight is 247 g/mol. The van der Waals surface area contributed by atoms with Gasteiger partial charge in [-0.05, 0) is 29.7 Å². The highest BCUT2D eigenvalue weighted by atomic mass is 16.6. The molecule has 0 amide bonds. The molecule has 2 N–H and O–H groups in total. The van der Waals surface area contributed by atoms with E-state index in [2.05, 4.69) is 4.84 Å². The number of nitrogens with two attached hydrogens (primary N) is 1. The van der Waals surface area contributed by atoms with Gasteiger partial charge in [0.25, 0.3) is 0 Å². The van der Waals surface area contributed by atoms with Gasteiger partial charge in [-0.2, -0.15) is 5.90 Å². The van der Waals surface area contributed by atoms with Crippen LogP contribution in [0.3, 0.4) is 0 Å². The first-order valence-electron chi connectivity index (χ1n) is 6.14. The van der Waals surface area contributed by atoms with Gasteiger partial charge in [0.15, 0.2) is 5.78 Å². The molecule has 4 heteroatoms. The molecule has 0 heterocycles. The summed E-state index contributed by atoms with van der Waals surface area (Å²) in [5.41, 5.74) is 1.75. The summed E-state index contributed by atoms with van der Waals surface area (Å²) in [6.45, 7) is 3.79. The zero-order valence-electron chi connectivity index (χ0n) is 10.6. The lowest BCUT2D eigenvalue weighted by Crippen LogP contribution is -2.16. The molecule has 1 aliphatic rings. The van der Waals surface area contributed by atoms with Gasteiger partial charge < -0.3 is 4.84 Å². The Balaban J connectivity index is 2.44. The number of Topliss-reactive ketones (excluding diaryl/α,β-unsaturated/α-hetero) is 2. The molecule has 4 nitrogen and oxygen atoms in total. The first kappa shape index (κ1) is 12.8. The summed E-state index contributed by atoms with van der Waals surface area (Å²) < 4.78 is 0. The second kappa shape index (κ2) is 4.90. The largest absolute Gasteiger partial charge is 0.412 e. The fourth-order valence-electron chi connectivity index (χ4n) is 2.53. The number of ketones is 2. The molecule has 0 aliphatic heterocycles. The van der Waals surface area contributed by atoms with E-state index in [1.807, 2.05) is 13.8 Å². The Bertz CT molecular complexity index is 496. The third-order valence-electron chi connectivity index (χ3n) is 3.54. The van der Waals surface area contributed by atoms with Crippen molar-refractivity contribution in [3.05, 3.63) is 29.3 Å². The molecule has 1 saturated carbocycles. The first-order valence-corrected chi connectivity index (χ1v) is 6.14. The molecule has 1 fully saturated rings. The van der Waals surface area contributed by atoms with Crippen LogP contribution in [0.25, 0.3) is 0 Å². The van der Waals surface area contributed by atoms with Gasteiger partial charge in [0, 0.05) is 12.3 Å². The van der Waals surface area contributed by atoms with Gasteiger partial charge in [-0.1, -0.05) is 19.9 Å². The highest BCUT2D eigenvalue weighted by Crippen LogP contribution is 2.35. The lowest BCUT2D eigenvalue weighted by molar-refractivity contribution is -0.124. The molecule has 2 unspecified atom stereocenters. The molecule has 1 aromatic carbocycles. The maximum atomic E-state index is 12.1. The molecule has 0 spiro atoms. The predicted molar refractivity (Wildman–Crippen MR) is 67.2 cm³/mol. The molecule has 2 rings (SSSR count). The Morgan fingerprint density at radius 3 is 2.61 bits per heavy atom. The maximum absolute atomic E-state index is 12.1. The topological polar surface area (TPSA) is 69.4 Å². The number of aryl methyl sites for hydroxylation is 1. The third-order valence-corrected chi connectivity index (χ3v) is 3.54. The summed E-state index contributed by atoms with van der Waals surface area (Å²) in [6, 6.07) is 5.26. The van der Waals surface area contributed by atoms with Crippen molar-refractivity contribution in [1.82, 2.24) is 0 Å². The molecule has 1 aliphatic carbocycles. The van der Waals surface area contributed by atoms with Gasteiger partial charge in [-0.3, -0.25) is 9.59 Å². The lowest BCUT2D eigenvalue weighted by atomic mass is 9.89. The summed E-state index contributed by atoms with van der Waals surface area (Å²) >= 11 is 0. The Morgan fingerprint density at radius 1 is 1.39 bits per heavy atom. The summed E-state index contributed by atoms with van der Waals surface area (Å²) in [7, 11) is 0. The molecule has 0 bridgehead atoms. The number of carbonyl (C=O) groups is 2. The quantitative estimate of drug-likeness (QED) is 0.652. The van der Waals surface area contributed by atoms with Crippen molar-refractivity contribution in [2.75, 3.05) is 0 Å². The summed E-state index contributed by atoms with van der Waals surface area (Å²) in [4.78, 5) is 28.7. The van der Waals surface area contributed by atoms with E-state index in [0.717, 1.165) is 17.5 Å². The maximum Gasteiger partial charge on any atom is 0.150 e. The van der Waals surface area contributed by atoms with Gasteiger partial charge in [0.2, 0.25) is 0 Å². The van der Waals surface area contributed by atoms with Gasteiger partial charge in [-0.25, -0.2) is 0 Å². The van der Waals surface area contributed by atoms with Crippen molar-refractivity contribution in [3.63, 3.8) is 0 Å². The Kier molecular flexibility index (Phi) is 3.48. The van der Waals surface area contributed by atoms with Crippen molar-refractivity contribution in [1.29, 1.82) is 0 Å². The fourth-order valence-corrected chi connectivity index (χ4v) is 2.53. The van der Waals surface area contributed by atoms with Gasteiger partial charge in [0.05, 0.1) is 0 Å². The number of benzene rings is 1. The molecule has 18 heavy (non-hydrogen) atoms. The Labute approximate surface area is 106 Å². The molecule has 0 aromatic heterocycles. The van der Waals surface area contributed by atoms with Crippen molar-refractivity contribution < 1.29 is 14.4 Å². The molecular formula is C14H17NO3. The lowest BCUT2D eigenvalue weighted by Gasteiger charge is -2.14. The van der Waals surface area contributed by atoms with Crippen molar-refractivity contribution in [2.45, 2.75) is 32.6 Å². The molecule has 0 radical (unpaired) electrons. The van der Waals surface area contributed by atoms with Crippen LogP contribution in [0.4, 0.5) is 0 Å². The van der Waals surface area contributed by atoms with Crippen LogP contribution in [0, 0.1) is 5.92 Å². The monoisotopic (exact) mass is 247 g/mol.